The highest BCUT2D eigenvalue weighted by Gasteiger charge is 2.34. The van der Waals surface area contributed by atoms with Crippen LogP contribution < -0.4 is 10.5 Å². The zero-order valence-corrected chi connectivity index (χ0v) is 17.3. The number of carbonyl (C=O) groups is 1. The largest absolute Gasteiger partial charge is 0.494 e. The minimum absolute atomic E-state index is 0. The number of thiophene rings is 1. The van der Waals surface area contributed by atoms with Gasteiger partial charge in [0.05, 0.1) is 20.3 Å². The van der Waals surface area contributed by atoms with E-state index in [1.165, 1.54) is 24.6 Å². The van der Waals surface area contributed by atoms with Gasteiger partial charge in [-0.3, -0.25) is 0 Å². The molecule has 11 heteroatoms. The van der Waals surface area contributed by atoms with Gasteiger partial charge in [-0.1, -0.05) is 0 Å². The predicted molar refractivity (Wildman–Crippen MR) is 101 cm³/mol. The summed E-state index contributed by atoms with van der Waals surface area (Å²) in [5.41, 5.74) is 5.44. The van der Waals surface area contributed by atoms with Gasteiger partial charge >= 0.3 is 5.97 Å². The van der Waals surface area contributed by atoms with Crippen molar-refractivity contribution in [2.75, 3.05) is 40.5 Å². The van der Waals surface area contributed by atoms with Crippen LogP contribution in [-0.2, 0) is 19.5 Å². The fourth-order valence-electron chi connectivity index (χ4n) is 2.57. The Labute approximate surface area is 164 Å². The number of halogens is 1. The van der Waals surface area contributed by atoms with Crippen LogP contribution in [0.15, 0.2) is 10.3 Å². The molecular formula is C15H25ClN2O6S2. The number of nitrogens with zero attached hydrogens (tertiary/aromatic N) is 1. The first-order chi connectivity index (χ1) is 11.9. The number of sulfonamides is 1. The Morgan fingerprint density at radius 2 is 2.00 bits per heavy atom. The summed E-state index contributed by atoms with van der Waals surface area (Å²) in [4.78, 5) is 11.9. The van der Waals surface area contributed by atoms with Gasteiger partial charge in [0, 0.05) is 25.8 Å². The molecule has 1 aromatic rings. The summed E-state index contributed by atoms with van der Waals surface area (Å²) in [5, 5.41) is 0. The summed E-state index contributed by atoms with van der Waals surface area (Å²) >= 11 is 0.861. The maximum absolute atomic E-state index is 12.9. The molecule has 0 bridgehead atoms. The van der Waals surface area contributed by atoms with Crippen LogP contribution in [0.5, 0.6) is 5.75 Å². The first kappa shape index (κ1) is 23.1. The van der Waals surface area contributed by atoms with E-state index < -0.39 is 16.0 Å². The van der Waals surface area contributed by atoms with Crippen molar-refractivity contribution in [2.45, 2.75) is 29.6 Å². The van der Waals surface area contributed by atoms with Crippen molar-refractivity contribution in [3.8, 4) is 5.75 Å². The van der Waals surface area contributed by atoms with Crippen molar-refractivity contribution in [1.29, 1.82) is 0 Å². The van der Waals surface area contributed by atoms with Gasteiger partial charge < -0.3 is 19.9 Å². The number of piperidine rings is 1. The molecule has 0 radical (unpaired) electrons. The molecule has 1 aromatic heterocycles. The number of hydrogen-bond donors (Lipinski definition) is 1. The summed E-state index contributed by atoms with van der Waals surface area (Å²) in [6.45, 7) is 1.90. The van der Waals surface area contributed by atoms with Gasteiger partial charge in [0.1, 0.15) is 4.88 Å². The molecule has 0 spiro atoms. The molecular weight excluding hydrogens is 404 g/mol. The number of carbonyl (C=O) groups excluding carboxylic acids is 1. The third-order valence-corrected chi connectivity index (χ3v) is 7.44. The zero-order chi connectivity index (χ0) is 18.4. The lowest BCUT2D eigenvalue weighted by Gasteiger charge is -2.30. The van der Waals surface area contributed by atoms with E-state index in [-0.39, 0.29) is 33.3 Å². The number of methoxy groups -OCH3 is 2. The zero-order valence-electron chi connectivity index (χ0n) is 14.8. The SMILES string of the molecule is COC(=O)c1cc(OC)c(S(=O)(=O)N2CCC(OCCCN)CC2)s1.Cl. The molecule has 1 aliphatic rings. The minimum atomic E-state index is -3.73. The van der Waals surface area contributed by atoms with Crippen molar-refractivity contribution < 1.29 is 27.4 Å². The molecule has 0 aromatic carbocycles. The standard InChI is InChI=1S/C15H24N2O6S2.ClH/c1-21-12-10-13(14(18)22-2)24-15(12)25(19,20)17-7-4-11(5-8-17)23-9-3-6-16;/h10-11H,3-9,16H2,1-2H3;1H. The molecule has 8 nitrogen and oxygen atoms in total. The summed E-state index contributed by atoms with van der Waals surface area (Å²) in [6, 6.07) is 1.39. The Hall–Kier alpha value is -0.910. The maximum Gasteiger partial charge on any atom is 0.348 e. The van der Waals surface area contributed by atoms with Crippen molar-refractivity contribution in [3.05, 3.63) is 10.9 Å². The van der Waals surface area contributed by atoms with Crippen molar-refractivity contribution in [1.82, 2.24) is 4.31 Å². The normalized spacial score (nSPS) is 16.1. The Morgan fingerprint density at radius 3 is 2.54 bits per heavy atom. The van der Waals surface area contributed by atoms with Gasteiger partial charge in [-0.25, -0.2) is 13.2 Å². The highest BCUT2D eigenvalue weighted by atomic mass is 35.5. The second-order valence-electron chi connectivity index (χ2n) is 5.57. The first-order valence-corrected chi connectivity index (χ1v) is 10.3. The van der Waals surface area contributed by atoms with E-state index in [9.17, 15) is 13.2 Å². The molecule has 1 saturated heterocycles. The molecule has 2 rings (SSSR count). The van der Waals surface area contributed by atoms with Gasteiger partial charge in [-0.2, -0.15) is 4.31 Å². The molecule has 0 unspecified atom stereocenters. The Kier molecular flexibility index (Phi) is 9.28. The van der Waals surface area contributed by atoms with E-state index in [1.807, 2.05) is 0 Å². The third-order valence-electron chi connectivity index (χ3n) is 3.95. The molecule has 0 saturated carbocycles. The lowest BCUT2D eigenvalue weighted by molar-refractivity contribution is 0.0209. The summed E-state index contributed by atoms with van der Waals surface area (Å²) in [7, 11) is -1.11. The van der Waals surface area contributed by atoms with E-state index in [0.717, 1.165) is 17.8 Å². The van der Waals surface area contributed by atoms with Gasteiger partial charge in [-0.15, -0.1) is 23.7 Å². The fourth-order valence-corrected chi connectivity index (χ4v) is 5.68. The van der Waals surface area contributed by atoms with E-state index in [2.05, 4.69) is 4.74 Å². The Morgan fingerprint density at radius 1 is 1.35 bits per heavy atom. The number of nitrogens with two attached hydrogens (primary N) is 1. The summed E-state index contributed by atoms with van der Waals surface area (Å²) in [6.07, 6.45) is 2.10. The van der Waals surface area contributed by atoms with Gasteiger partial charge in [0.15, 0.2) is 9.96 Å². The summed E-state index contributed by atoms with van der Waals surface area (Å²) in [5.74, 6) is -0.427. The van der Waals surface area contributed by atoms with Crippen LogP contribution in [0.4, 0.5) is 0 Å². The third kappa shape index (κ3) is 5.30. The van der Waals surface area contributed by atoms with Crippen molar-refractivity contribution >= 4 is 39.7 Å². The van der Waals surface area contributed by atoms with E-state index in [1.54, 1.807) is 0 Å². The molecule has 1 fully saturated rings. The second-order valence-corrected chi connectivity index (χ2v) is 8.76. The van der Waals surface area contributed by atoms with Crippen LogP contribution in [0.1, 0.15) is 28.9 Å². The van der Waals surface area contributed by atoms with Crippen LogP contribution in [0.25, 0.3) is 0 Å². The van der Waals surface area contributed by atoms with Crippen LogP contribution in [0, 0.1) is 0 Å². The number of hydrogen-bond acceptors (Lipinski definition) is 8. The molecule has 2 N–H and O–H groups in total. The van der Waals surface area contributed by atoms with E-state index in [4.69, 9.17) is 15.2 Å². The van der Waals surface area contributed by atoms with Crippen LogP contribution in [-0.4, -0.2) is 65.3 Å². The van der Waals surface area contributed by atoms with Crippen LogP contribution >= 0.6 is 23.7 Å². The molecule has 0 atom stereocenters. The van der Waals surface area contributed by atoms with Gasteiger partial charge in [0.2, 0.25) is 0 Å². The maximum atomic E-state index is 12.9. The smallest absolute Gasteiger partial charge is 0.348 e. The van der Waals surface area contributed by atoms with E-state index >= 15 is 0 Å². The lowest BCUT2D eigenvalue weighted by atomic mass is 10.1. The first-order valence-electron chi connectivity index (χ1n) is 8.02. The molecule has 0 amide bonds. The van der Waals surface area contributed by atoms with Crippen LogP contribution in [0.3, 0.4) is 0 Å². The van der Waals surface area contributed by atoms with Crippen molar-refractivity contribution in [2.24, 2.45) is 5.73 Å². The average Bonchev–Trinajstić information content (AvgIpc) is 3.07. The van der Waals surface area contributed by atoms with E-state index in [0.29, 0.717) is 39.1 Å². The average molecular weight is 429 g/mol. The molecule has 2 heterocycles. The molecule has 26 heavy (non-hydrogen) atoms. The fraction of sp³-hybridized carbons (Fsp3) is 0.667. The topological polar surface area (TPSA) is 108 Å². The second kappa shape index (κ2) is 10.4. The number of ether oxygens (including phenoxy) is 3. The highest BCUT2D eigenvalue weighted by molar-refractivity contribution is 7.91. The lowest BCUT2D eigenvalue weighted by Crippen LogP contribution is -2.40. The monoisotopic (exact) mass is 428 g/mol. The van der Waals surface area contributed by atoms with Crippen molar-refractivity contribution in [3.63, 3.8) is 0 Å². The Balaban J connectivity index is 0.00000338. The van der Waals surface area contributed by atoms with Gasteiger partial charge in [0.25, 0.3) is 10.0 Å². The number of rotatable bonds is 8. The molecule has 150 valence electrons. The molecule has 1 aliphatic heterocycles. The summed E-state index contributed by atoms with van der Waals surface area (Å²) < 4.78 is 42.7. The highest BCUT2D eigenvalue weighted by Crippen LogP contribution is 2.36. The minimum Gasteiger partial charge on any atom is -0.494 e. The van der Waals surface area contributed by atoms with Gasteiger partial charge in [-0.05, 0) is 25.8 Å². The quantitative estimate of drug-likeness (QED) is 0.493. The number of esters is 1. The van der Waals surface area contributed by atoms with Crippen LogP contribution in [0.2, 0.25) is 0 Å². The molecule has 0 aliphatic carbocycles. The Bertz CT molecular complexity index is 686. The predicted octanol–water partition coefficient (Wildman–Crippen LogP) is 1.48.